The summed E-state index contributed by atoms with van der Waals surface area (Å²) in [5.41, 5.74) is 0. The zero-order chi connectivity index (χ0) is 12.9. The summed E-state index contributed by atoms with van der Waals surface area (Å²) in [6, 6.07) is 0.369. The van der Waals surface area contributed by atoms with Gasteiger partial charge in [0.05, 0.1) is 6.61 Å². The van der Waals surface area contributed by atoms with Crippen LogP contribution in [0.25, 0.3) is 0 Å². The average molecular weight is 270 g/mol. The van der Waals surface area contributed by atoms with E-state index in [1.54, 1.807) is 7.05 Å². The number of thiocarbonyl (C=S) groups is 1. The van der Waals surface area contributed by atoms with E-state index in [2.05, 4.69) is 10.1 Å². The van der Waals surface area contributed by atoms with Gasteiger partial charge in [0.25, 0.3) is 0 Å². The minimum Gasteiger partial charge on any atom is -0.309 e. The Morgan fingerprint density at radius 1 is 1.47 bits per heavy atom. The predicted octanol–water partition coefficient (Wildman–Crippen LogP) is 1.58. The van der Waals surface area contributed by atoms with E-state index in [9.17, 15) is 13.2 Å². The van der Waals surface area contributed by atoms with Crippen molar-refractivity contribution in [3.8, 4) is 0 Å². The third-order valence-electron chi connectivity index (χ3n) is 2.66. The van der Waals surface area contributed by atoms with E-state index in [1.807, 2.05) is 4.90 Å². The predicted molar refractivity (Wildman–Crippen MR) is 63.1 cm³/mol. The number of halogens is 3. The van der Waals surface area contributed by atoms with Crippen molar-refractivity contribution in [1.29, 1.82) is 0 Å². The van der Waals surface area contributed by atoms with Crippen molar-refractivity contribution in [1.82, 2.24) is 10.2 Å². The molecule has 1 atom stereocenters. The highest BCUT2D eigenvalue weighted by atomic mass is 32.1. The van der Waals surface area contributed by atoms with Gasteiger partial charge < -0.3 is 10.2 Å². The molecule has 1 N–H and O–H groups in total. The normalized spacial score (nSPS) is 21.5. The highest BCUT2D eigenvalue weighted by Crippen LogP contribution is 2.15. The second-order valence-electron chi connectivity index (χ2n) is 4.21. The van der Waals surface area contributed by atoms with Crippen molar-refractivity contribution >= 4 is 17.1 Å². The number of hydrogen-bond acceptors (Lipinski definition) is 4. The highest BCUT2D eigenvalue weighted by molar-refractivity contribution is 7.80. The number of ether oxygens (including phenoxy) is 1. The lowest BCUT2D eigenvalue weighted by Gasteiger charge is -2.19. The van der Waals surface area contributed by atoms with Crippen molar-refractivity contribution in [3.63, 3.8) is 0 Å². The second-order valence-corrected chi connectivity index (χ2v) is 4.78. The first kappa shape index (κ1) is 14.8. The van der Waals surface area contributed by atoms with E-state index in [-0.39, 0.29) is 13.2 Å². The van der Waals surface area contributed by atoms with Crippen molar-refractivity contribution < 1.29 is 17.9 Å². The van der Waals surface area contributed by atoms with Crippen LogP contribution in [0.2, 0.25) is 0 Å². The summed E-state index contributed by atoms with van der Waals surface area (Å²) in [7, 11) is 1.78. The first-order valence-corrected chi connectivity index (χ1v) is 5.92. The monoisotopic (exact) mass is 270 g/mol. The van der Waals surface area contributed by atoms with Crippen LogP contribution in [0.4, 0.5) is 13.2 Å². The van der Waals surface area contributed by atoms with Gasteiger partial charge in [-0.25, -0.2) is 0 Å². The number of hydrogen-bond donors (Lipinski definition) is 1. The summed E-state index contributed by atoms with van der Waals surface area (Å²) in [6.45, 7) is 1.47. The molecule has 0 aromatic heterocycles. The number of nitrogens with one attached hydrogen (secondary N) is 1. The van der Waals surface area contributed by atoms with Gasteiger partial charge in [-0.1, -0.05) is 12.2 Å². The fraction of sp³-hybridized carbons (Fsp3) is 0.900. The van der Waals surface area contributed by atoms with E-state index in [0.717, 1.165) is 30.8 Å². The molecule has 0 amide bonds. The maximum atomic E-state index is 11.7. The number of rotatable bonds is 6. The number of alkyl halides is 3. The summed E-state index contributed by atoms with van der Waals surface area (Å²) in [6.07, 6.45) is -2.75. The molecule has 3 nitrogen and oxygen atoms in total. The Labute approximate surface area is 104 Å². The SMILES string of the molecule is CN(CCOC(F)(F)F)CCC1CC(=S)CN1. The van der Waals surface area contributed by atoms with Crippen molar-refractivity contribution in [2.24, 2.45) is 0 Å². The summed E-state index contributed by atoms with van der Waals surface area (Å²) in [5.74, 6) is 0. The Bertz CT molecular complexity index is 260. The first-order chi connectivity index (χ1) is 7.87. The van der Waals surface area contributed by atoms with Crippen LogP contribution in [0.15, 0.2) is 0 Å². The van der Waals surface area contributed by atoms with E-state index in [4.69, 9.17) is 12.2 Å². The molecule has 0 spiro atoms. The van der Waals surface area contributed by atoms with Crippen molar-refractivity contribution in [2.75, 3.05) is 33.3 Å². The molecular weight excluding hydrogens is 253 g/mol. The van der Waals surface area contributed by atoms with Crippen LogP contribution >= 0.6 is 12.2 Å². The molecule has 1 rings (SSSR count). The molecule has 0 aromatic rings. The molecule has 1 fully saturated rings. The van der Waals surface area contributed by atoms with Gasteiger partial charge in [0.1, 0.15) is 0 Å². The van der Waals surface area contributed by atoms with Crippen molar-refractivity contribution in [3.05, 3.63) is 0 Å². The van der Waals surface area contributed by atoms with Crippen LogP contribution in [0.1, 0.15) is 12.8 Å². The van der Waals surface area contributed by atoms with Crippen LogP contribution in [0.5, 0.6) is 0 Å². The third-order valence-corrected chi connectivity index (χ3v) is 2.97. The molecule has 1 unspecified atom stereocenters. The minimum absolute atomic E-state index is 0.274. The largest absolute Gasteiger partial charge is 0.522 e. The van der Waals surface area contributed by atoms with E-state index < -0.39 is 6.36 Å². The molecule has 0 saturated carbocycles. The summed E-state index contributed by atoms with van der Waals surface area (Å²) in [5, 5.41) is 3.26. The van der Waals surface area contributed by atoms with Gasteiger partial charge in [0, 0.05) is 24.0 Å². The molecule has 100 valence electrons. The Hall–Kier alpha value is -0.240. The Balaban J connectivity index is 2.05. The number of likely N-dealkylation sites (N-methyl/N-ethyl adjacent to an activating group) is 1. The van der Waals surface area contributed by atoms with E-state index in [0.29, 0.717) is 6.04 Å². The zero-order valence-electron chi connectivity index (χ0n) is 9.72. The van der Waals surface area contributed by atoms with Crippen LogP contribution < -0.4 is 5.32 Å². The molecule has 1 saturated heterocycles. The second kappa shape index (κ2) is 6.63. The zero-order valence-corrected chi connectivity index (χ0v) is 10.5. The van der Waals surface area contributed by atoms with Crippen LogP contribution in [0.3, 0.4) is 0 Å². The first-order valence-electron chi connectivity index (χ1n) is 5.51. The van der Waals surface area contributed by atoms with Gasteiger partial charge in [0.15, 0.2) is 0 Å². The molecule has 7 heteroatoms. The molecule has 1 aliphatic rings. The van der Waals surface area contributed by atoms with Crippen LogP contribution in [-0.4, -0.2) is 55.5 Å². The standard InChI is InChI=1S/C10H17F3N2OS/c1-15(4-5-16-10(11,12)13)3-2-8-6-9(17)7-14-8/h8,14H,2-7H2,1H3. The minimum atomic E-state index is -4.53. The summed E-state index contributed by atoms with van der Waals surface area (Å²) in [4.78, 5) is 2.85. The average Bonchev–Trinajstić information content (AvgIpc) is 2.59. The van der Waals surface area contributed by atoms with Gasteiger partial charge in [-0.05, 0) is 26.4 Å². The molecule has 1 heterocycles. The fourth-order valence-electron chi connectivity index (χ4n) is 1.69. The molecule has 17 heavy (non-hydrogen) atoms. The smallest absolute Gasteiger partial charge is 0.309 e. The lowest BCUT2D eigenvalue weighted by Crippen LogP contribution is -2.31. The van der Waals surface area contributed by atoms with Crippen molar-refractivity contribution in [2.45, 2.75) is 25.2 Å². The van der Waals surface area contributed by atoms with Crippen LogP contribution in [-0.2, 0) is 4.74 Å². The van der Waals surface area contributed by atoms with Gasteiger partial charge in [-0.2, -0.15) is 0 Å². The van der Waals surface area contributed by atoms with E-state index in [1.165, 1.54) is 0 Å². The Morgan fingerprint density at radius 2 is 2.18 bits per heavy atom. The molecule has 1 aliphatic heterocycles. The quantitative estimate of drug-likeness (QED) is 0.741. The molecule has 0 bridgehead atoms. The Kier molecular flexibility index (Phi) is 5.78. The highest BCUT2D eigenvalue weighted by Gasteiger charge is 2.28. The van der Waals surface area contributed by atoms with Gasteiger partial charge in [0.2, 0.25) is 0 Å². The van der Waals surface area contributed by atoms with Gasteiger partial charge in [-0.3, -0.25) is 4.74 Å². The van der Waals surface area contributed by atoms with E-state index >= 15 is 0 Å². The Morgan fingerprint density at radius 3 is 2.71 bits per heavy atom. The third kappa shape index (κ3) is 6.92. The summed E-state index contributed by atoms with van der Waals surface area (Å²) < 4.78 is 38.9. The molecule has 0 aliphatic carbocycles. The lowest BCUT2D eigenvalue weighted by atomic mass is 10.1. The van der Waals surface area contributed by atoms with Gasteiger partial charge in [-0.15, -0.1) is 13.2 Å². The number of nitrogens with zero attached hydrogens (tertiary/aromatic N) is 1. The topological polar surface area (TPSA) is 24.5 Å². The maximum Gasteiger partial charge on any atom is 0.522 e. The maximum absolute atomic E-state index is 11.7. The van der Waals surface area contributed by atoms with Crippen LogP contribution in [0, 0.1) is 0 Å². The summed E-state index contributed by atoms with van der Waals surface area (Å²) >= 11 is 5.07. The lowest BCUT2D eigenvalue weighted by molar-refractivity contribution is -0.324. The molecular formula is C10H17F3N2OS. The molecule has 0 aromatic carbocycles. The molecule has 0 radical (unpaired) electrons. The van der Waals surface area contributed by atoms with Gasteiger partial charge >= 0.3 is 6.36 Å². The fourth-order valence-corrected chi connectivity index (χ4v) is 1.97.